The predicted octanol–water partition coefficient (Wildman–Crippen LogP) is 3.24. The van der Waals surface area contributed by atoms with E-state index in [0.29, 0.717) is 30.0 Å². The first-order chi connectivity index (χ1) is 10.3. The molecule has 124 valence electrons. The first-order valence-corrected chi connectivity index (χ1v) is 8.18. The van der Waals surface area contributed by atoms with Crippen LogP contribution in [0.4, 0.5) is 0 Å². The van der Waals surface area contributed by atoms with Crippen LogP contribution >= 0.6 is 24.0 Å². The van der Waals surface area contributed by atoms with Gasteiger partial charge in [0.15, 0.2) is 11.5 Å². The van der Waals surface area contributed by atoms with E-state index in [1.54, 1.807) is 0 Å². The van der Waals surface area contributed by atoms with Gasteiger partial charge in [-0.15, -0.1) is 12.4 Å². The third-order valence-electron chi connectivity index (χ3n) is 4.27. The highest BCUT2D eigenvalue weighted by molar-refractivity contribution is 6.32. The second kappa shape index (κ2) is 8.25. The van der Waals surface area contributed by atoms with E-state index < -0.39 is 0 Å². The van der Waals surface area contributed by atoms with Crippen LogP contribution in [0.2, 0.25) is 5.02 Å². The minimum absolute atomic E-state index is 0. The van der Waals surface area contributed by atoms with Gasteiger partial charge < -0.3 is 15.2 Å². The molecular formula is C16H24Cl2N2O2. The molecule has 6 heteroatoms. The number of fused-ring (bicyclic) bond motifs is 1. The van der Waals surface area contributed by atoms with Gasteiger partial charge in [-0.05, 0) is 37.1 Å². The van der Waals surface area contributed by atoms with E-state index in [2.05, 4.69) is 11.0 Å². The van der Waals surface area contributed by atoms with Gasteiger partial charge >= 0.3 is 0 Å². The standard InChI is InChI=1S/C16H23ClN2O2.ClH/c17-14-8-12(9-15-16(14)21-7-3-6-20-15)11-19-5-2-1-4-13(19)10-18;/h8-9,13H,1-7,10-11,18H2;1H. The van der Waals surface area contributed by atoms with Crippen LogP contribution in [0.1, 0.15) is 31.2 Å². The summed E-state index contributed by atoms with van der Waals surface area (Å²) in [5.74, 6) is 1.46. The maximum absolute atomic E-state index is 6.36. The lowest BCUT2D eigenvalue weighted by Gasteiger charge is -2.35. The van der Waals surface area contributed by atoms with Crippen molar-refractivity contribution in [2.24, 2.45) is 5.73 Å². The van der Waals surface area contributed by atoms with Gasteiger partial charge in [0.2, 0.25) is 0 Å². The van der Waals surface area contributed by atoms with Crippen LogP contribution in [0.15, 0.2) is 12.1 Å². The van der Waals surface area contributed by atoms with Crippen molar-refractivity contribution < 1.29 is 9.47 Å². The van der Waals surface area contributed by atoms with Crippen LogP contribution in [-0.2, 0) is 6.54 Å². The highest BCUT2D eigenvalue weighted by atomic mass is 35.5. The summed E-state index contributed by atoms with van der Waals surface area (Å²) in [6, 6.07) is 4.54. The molecule has 0 bridgehead atoms. The lowest BCUT2D eigenvalue weighted by molar-refractivity contribution is 0.144. The largest absolute Gasteiger partial charge is 0.489 e. The molecule has 3 rings (SSSR count). The molecule has 4 nitrogen and oxygen atoms in total. The molecule has 2 aliphatic rings. The number of rotatable bonds is 3. The van der Waals surface area contributed by atoms with Gasteiger partial charge in [0.05, 0.1) is 18.2 Å². The van der Waals surface area contributed by atoms with Crippen molar-refractivity contribution in [1.82, 2.24) is 4.90 Å². The van der Waals surface area contributed by atoms with Crippen LogP contribution in [0.25, 0.3) is 0 Å². The van der Waals surface area contributed by atoms with Gasteiger partial charge in [-0.25, -0.2) is 0 Å². The van der Waals surface area contributed by atoms with E-state index in [1.807, 2.05) is 6.07 Å². The van der Waals surface area contributed by atoms with Crippen molar-refractivity contribution in [3.05, 3.63) is 22.7 Å². The number of piperidine rings is 1. The number of nitrogens with two attached hydrogens (primary N) is 1. The minimum Gasteiger partial charge on any atom is -0.489 e. The van der Waals surface area contributed by atoms with Gasteiger partial charge in [0.1, 0.15) is 0 Å². The first-order valence-electron chi connectivity index (χ1n) is 7.80. The second-order valence-corrected chi connectivity index (χ2v) is 6.22. The van der Waals surface area contributed by atoms with Crippen molar-refractivity contribution in [3.63, 3.8) is 0 Å². The highest BCUT2D eigenvalue weighted by Gasteiger charge is 2.22. The zero-order valence-electron chi connectivity index (χ0n) is 12.7. The Morgan fingerprint density at radius 2 is 2.00 bits per heavy atom. The molecule has 2 aliphatic heterocycles. The molecule has 1 fully saturated rings. The van der Waals surface area contributed by atoms with Crippen LogP contribution in [0, 0.1) is 0 Å². The van der Waals surface area contributed by atoms with Crippen molar-refractivity contribution in [1.29, 1.82) is 0 Å². The summed E-state index contributed by atoms with van der Waals surface area (Å²) in [5.41, 5.74) is 7.07. The molecule has 1 atom stereocenters. The van der Waals surface area contributed by atoms with Gasteiger partial charge in [-0.3, -0.25) is 4.90 Å². The smallest absolute Gasteiger partial charge is 0.179 e. The highest BCUT2D eigenvalue weighted by Crippen LogP contribution is 2.38. The number of benzene rings is 1. The van der Waals surface area contributed by atoms with E-state index in [-0.39, 0.29) is 12.4 Å². The zero-order chi connectivity index (χ0) is 14.7. The molecule has 1 unspecified atom stereocenters. The Morgan fingerprint density at radius 1 is 1.18 bits per heavy atom. The molecule has 0 aliphatic carbocycles. The van der Waals surface area contributed by atoms with Crippen molar-refractivity contribution >= 4 is 24.0 Å². The summed E-state index contributed by atoms with van der Waals surface area (Å²) >= 11 is 6.36. The molecule has 0 amide bonds. The molecule has 22 heavy (non-hydrogen) atoms. The molecular weight excluding hydrogens is 323 g/mol. The van der Waals surface area contributed by atoms with Crippen molar-refractivity contribution in [2.75, 3.05) is 26.3 Å². The molecule has 0 radical (unpaired) electrons. The molecule has 0 saturated carbocycles. The van der Waals surface area contributed by atoms with E-state index in [9.17, 15) is 0 Å². The number of likely N-dealkylation sites (tertiary alicyclic amines) is 1. The fourth-order valence-corrected chi connectivity index (χ4v) is 3.43. The average Bonchev–Trinajstić information content (AvgIpc) is 2.73. The molecule has 0 aromatic heterocycles. The third-order valence-corrected chi connectivity index (χ3v) is 4.55. The average molecular weight is 347 g/mol. The summed E-state index contributed by atoms with van der Waals surface area (Å²) in [5, 5.41) is 0.644. The summed E-state index contributed by atoms with van der Waals surface area (Å²) < 4.78 is 11.4. The topological polar surface area (TPSA) is 47.7 Å². The Labute approximate surface area is 143 Å². The normalized spacial score (nSPS) is 21.8. The summed E-state index contributed by atoms with van der Waals surface area (Å²) in [7, 11) is 0. The Bertz CT molecular complexity index is 499. The fraction of sp³-hybridized carbons (Fsp3) is 0.625. The molecule has 2 N–H and O–H groups in total. The van der Waals surface area contributed by atoms with Crippen LogP contribution in [0.5, 0.6) is 11.5 Å². The predicted molar refractivity (Wildman–Crippen MR) is 91.4 cm³/mol. The van der Waals surface area contributed by atoms with E-state index in [0.717, 1.165) is 31.8 Å². The Morgan fingerprint density at radius 3 is 2.82 bits per heavy atom. The Kier molecular flexibility index (Phi) is 6.63. The van der Waals surface area contributed by atoms with Gasteiger partial charge in [-0.2, -0.15) is 0 Å². The molecule has 1 aromatic carbocycles. The maximum Gasteiger partial charge on any atom is 0.179 e. The van der Waals surface area contributed by atoms with Gasteiger partial charge in [0, 0.05) is 25.6 Å². The van der Waals surface area contributed by atoms with Crippen LogP contribution in [0.3, 0.4) is 0 Å². The Hall–Kier alpha value is -0.680. The van der Waals surface area contributed by atoms with Crippen molar-refractivity contribution in [3.8, 4) is 11.5 Å². The first kappa shape index (κ1) is 17.7. The number of ether oxygens (including phenoxy) is 2. The SMILES string of the molecule is Cl.NCC1CCCCN1Cc1cc(Cl)c2c(c1)OCCCO2. The van der Waals surface area contributed by atoms with Gasteiger partial charge in [-0.1, -0.05) is 18.0 Å². The van der Waals surface area contributed by atoms with E-state index in [4.69, 9.17) is 26.8 Å². The summed E-state index contributed by atoms with van der Waals surface area (Å²) in [4.78, 5) is 2.46. The quantitative estimate of drug-likeness (QED) is 0.912. The molecule has 1 aromatic rings. The molecule has 0 spiro atoms. The summed E-state index contributed by atoms with van der Waals surface area (Å²) in [6.45, 7) is 4.04. The number of halogens is 2. The van der Waals surface area contributed by atoms with Crippen molar-refractivity contribution in [2.45, 2.75) is 38.3 Å². The minimum atomic E-state index is 0. The second-order valence-electron chi connectivity index (χ2n) is 5.81. The lowest BCUT2D eigenvalue weighted by atomic mass is 10.0. The fourth-order valence-electron chi connectivity index (χ4n) is 3.15. The van der Waals surface area contributed by atoms with E-state index in [1.165, 1.54) is 24.8 Å². The maximum atomic E-state index is 6.36. The summed E-state index contributed by atoms with van der Waals surface area (Å²) in [6.07, 6.45) is 4.60. The number of hydrogen-bond donors (Lipinski definition) is 1. The zero-order valence-corrected chi connectivity index (χ0v) is 14.3. The third kappa shape index (κ3) is 3.99. The Balaban J connectivity index is 0.00000176. The van der Waals surface area contributed by atoms with Crippen LogP contribution in [-0.4, -0.2) is 37.2 Å². The lowest BCUT2D eigenvalue weighted by Crippen LogP contribution is -2.43. The monoisotopic (exact) mass is 346 g/mol. The number of nitrogens with zero attached hydrogens (tertiary/aromatic N) is 1. The molecule has 1 saturated heterocycles. The molecule has 2 heterocycles. The van der Waals surface area contributed by atoms with E-state index >= 15 is 0 Å². The van der Waals surface area contributed by atoms with Crippen LogP contribution < -0.4 is 15.2 Å². The number of hydrogen-bond acceptors (Lipinski definition) is 4. The van der Waals surface area contributed by atoms with Gasteiger partial charge in [0.25, 0.3) is 0 Å².